The van der Waals surface area contributed by atoms with Gasteiger partial charge in [0.15, 0.2) is 0 Å². The summed E-state index contributed by atoms with van der Waals surface area (Å²) in [5.41, 5.74) is 2.28. The molecule has 0 bridgehead atoms. The number of carbonyl (C=O) groups is 2. The van der Waals surface area contributed by atoms with Crippen LogP contribution >= 0.6 is 0 Å². The third kappa shape index (κ3) is 5.16. The van der Waals surface area contributed by atoms with E-state index in [9.17, 15) is 9.59 Å². The maximum atomic E-state index is 13.0. The first-order chi connectivity index (χ1) is 14.8. The third-order valence-corrected chi connectivity index (χ3v) is 6.16. The summed E-state index contributed by atoms with van der Waals surface area (Å²) in [6.45, 7) is 8.98. The quantitative estimate of drug-likeness (QED) is 0.807. The first-order valence-electron chi connectivity index (χ1n) is 11.3. The fraction of sp³-hybridized carbons (Fsp3) is 0.462. The van der Waals surface area contributed by atoms with Crippen LogP contribution < -0.4 is 5.32 Å². The van der Waals surface area contributed by atoms with Crippen LogP contribution in [0, 0.1) is 11.8 Å². The molecule has 5 heteroatoms. The zero-order chi connectivity index (χ0) is 22.0. The fourth-order valence-corrected chi connectivity index (χ4v) is 4.54. The first-order valence-corrected chi connectivity index (χ1v) is 11.3. The van der Waals surface area contributed by atoms with Gasteiger partial charge in [-0.15, -0.1) is 0 Å². The van der Waals surface area contributed by atoms with Gasteiger partial charge in [0.1, 0.15) is 0 Å². The highest BCUT2D eigenvalue weighted by Gasteiger charge is 2.50. The first kappa shape index (κ1) is 21.6. The fourth-order valence-electron chi connectivity index (χ4n) is 4.54. The number of hydrogen-bond donors (Lipinski definition) is 1. The predicted molar refractivity (Wildman–Crippen MR) is 122 cm³/mol. The topological polar surface area (TPSA) is 52.7 Å². The van der Waals surface area contributed by atoms with Crippen LogP contribution in [0.15, 0.2) is 60.7 Å². The summed E-state index contributed by atoms with van der Waals surface area (Å²) in [5.74, 6) is -0.151. The summed E-state index contributed by atoms with van der Waals surface area (Å²) in [7, 11) is 0. The number of nitrogens with zero attached hydrogens (tertiary/aromatic N) is 2. The van der Waals surface area contributed by atoms with E-state index in [4.69, 9.17) is 0 Å². The van der Waals surface area contributed by atoms with Crippen LogP contribution in [0.2, 0.25) is 0 Å². The Kier molecular flexibility index (Phi) is 6.15. The molecular formula is C26H33N3O2. The van der Waals surface area contributed by atoms with Gasteiger partial charge in [-0.2, -0.15) is 0 Å². The summed E-state index contributed by atoms with van der Waals surface area (Å²) >= 11 is 0. The van der Waals surface area contributed by atoms with Gasteiger partial charge in [-0.3, -0.25) is 14.5 Å². The minimum Gasteiger partial charge on any atom is -0.351 e. The average molecular weight is 420 g/mol. The van der Waals surface area contributed by atoms with Crippen molar-refractivity contribution in [3.8, 4) is 0 Å². The molecule has 1 N–H and O–H groups in total. The number of benzene rings is 2. The zero-order valence-electron chi connectivity index (χ0n) is 18.8. The van der Waals surface area contributed by atoms with Crippen LogP contribution in [-0.2, 0) is 9.59 Å². The second-order valence-corrected chi connectivity index (χ2v) is 9.77. The molecule has 2 amide bonds. The minimum absolute atomic E-state index is 0.0118. The van der Waals surface area contributed by atoms with E-state index in [1.165, 1.54) is 11.1 Å². The van der Waals surface area contributed by atoms with Crippen LogP contribution in [0.5, 0.6) is 0 Å². The maximum absolute atomic E-state index is 13.0. The van der Waals surface area contributed by atoms with Crippen molar-refractivity contribution < 1.29 is 9.59 Å². The summed E-state index contributed by atoms with van der Waals surface area (Å²) in [5, 5.41) is 3.01. The Hall–Kier alpha value is -2.66. The largest absolute Gasteiger partial charge is 0.351 e. The molecule has 1 saturated heterocycles. The summed E-state index contributed by atoms with van der Waals surface area (Å²) in [6.07, 6.45) is 0.678. The number of nitrogens with one attached hydrogen (secondary N) is 1. The number of hydrogen-bond acceptors (Lipinski definition) is 3. The van der Waals surface area contributed by atoms with Crippen molar-refractivity contribution in [2.24, 2.45) is 11.8 Å². The van der Waals surface area contributed by atoms with Gasteiger partial charge in [-0.05, 0) is 38.3 Å². The monoisotopic (exact) mass is 419 g/mol. The van der Waals surface area contributed by atoms with Crippen molar-refractivity contribution >= 4 is 11.8 Å². The predicted octanol–water partition coefficient (Wildman–Crippen LogP) is 3.47. The SMILES string of the molecule is CC(C)(C)NC(=O)C1CC1C(=O)N1CCN(C(c2ccccc2)c2ccccc2)CC1. The Labute approximate surface area is 185 Å². The third-order valence-electron chi connectivity index (χ3n) is 6.16. The summed E-state index contributed by atoms with van der Waals surface area (Å²) in [4.78, 5) is 29.8. The Bertz CT molecular complexity index is 860. The molecule has 2 unspecified atom stereocenters. The second-order valence-electron chi connectivity index (χ2n) is 9.77. The minimum atomic E-state index is -0.261. The lowest BCUT2D eigenvalue weighted by molar-refractivity contribution is -0.136. The lowest BCUT2D eigenvalue weighted by Gasteiger charge is -2.40. The van der Waals surface area contributed by atoms with Gasteiger partial charge in [0.05, 0.1) is 17.9 Å². The number of rotatable bonds is 5. The van der Waals surface area contributed by atoms with Crippen molar-refractivity contribution in [3.63, 3.8) is 0 Å². The highest BCUT2D eigenvalue weighted by atomic mass is 16.2. The molecule has 5 nitrogen and oxygen atoms in total. The normalized spacial score (nSPS) is 21.7. The highest BCUT2D eigenvalue weighted by molar-refractivity contribution is 5.92. The Morgan fingerprint density at radius 3 is 1.84 bits per heavy atom. The van der Waals surface area contributed by atoms with E-state index in [0.717, 1.165) is 13.1 Å². The van der Waals surface area contributed by atoms with Crippen molar-refractivity contribution in [1.29, 1.82) is 0 Å². The number of piperazine rings is 1. The van der Waals surface area contributed by atoms with E-state index in [-0.39, 0.29) is 35.2 Å². The molecule has 1 aliphatic heterocycles. The number of carbonyl (C=O) groups excluding carboxylic acids is 2. The van der Waals surface area contributed by atoms with Crippen LogP contribution in [0.1, 0.15) is 44.4 Å². The molecule has 164 valence electrons. The van der Waals surface area contributed by atoms with Gasteiger partial charge < -0.3 is 10.2 Å². The molecule has 1 aliphatic carbocycles. The van der Waals surface area contributed by atoms with E-state index >= 15 is 0 Å². The molecule has 31 heavy (non-hydrogen) atoms. The van der Waals surface area contributed by atoms with E-state index in [1.807, 2.05) is 37.8 Å². The lowest BCUT2D eigenvalue weighted by atomic mass is 9.96. The van der Waals surface area contributed by atoms with E-state index in [1.54, 1.807) is 0 Å². The zero-order valence-corrected chi connectivity index (χ0v) is 18.8. The Balaban J connectivity index is 1.38. The molecule has 2 atom stereocenters. The summed E-state index contributed by atoms with van der Waals surface area (Å²) < 4.78 is 0. The Morgan fingerprint density at radius 2 is 1.35 bits per heavy atom. The van der Waals surface area contributed by atoms with Crippen molar-refractivity contribution in [2.45, 2.75) is 38.8 Å². The van der Waals surface area contributed by atoms with Gasteiger partial charge in [-0.1, -0.05) is 60.7 Å². The van der Waals surface area contributed by atoms with Crippen molar-refractivity contribution in [1.82, 2.24) is 15.1 Å². The molecule has 4 rings (SSSR count). The molecule has 0 aromatic heterocycles. The van der Waals surface area contributed by atoms with Gasteiger partial charge in [0.2, 0.25) is 11.8 Å². The van der Waals surface area contributed by atoms with Crippen LogP contribution in [0.25, 0.3) is 0 Å². The van der Waals surface area contributed by atoms with Gasteiger partial charge >= 0.3 is 0 Å². The number of amides is 2. The van der Waals surface area contributed by atoms with E-state index in [2.05, 4.69) is 58.7 Å². The van der Waals surface area contributed by atoms with Crippen molar-refractivity contribution in [3.05, 3.63) is 71.8 Å². The van der Waals surface area contributed by atoms with Gasteiger partial charge in [-0.25, -0.2) is 0 Å². The smallest absolute Gasteiger partial charge is 0.226 e. The van der Waals surface area contributed by atoms with Crippen LogP contribution in [0.3, 0.4) is 0 Å². The van der Waals surface area contributed by atoms with Crippen LogP contribution in [0.4, 0.5) is 0 Å². The molecule has 2 aromatic carbocycles. The van der Waals surface area contributed by atoms with Gasteiger partial charge in [0.25, 0.3) is 0 Å². The second kappa shape index (κ2) is 8.83. The standard InChI is InChI=1S/C26H33N3O2/c1-26(2,3)27-24(30)21-18-22(21)25(31)29-16-14-28(15-17-29)23(19-10-6-4-7-11-19)20-12-8-5-9-13-20/h4-13,21-23H,14-18H2,1-3H3,(H,27,30). The maximum Gasteiger partial charge on any atom is 0.226 e. The van der Waals surface area contributed by atoms with Crippen molar-refractivity contribution in [2.75, 3.05) is 26.2 Å². The van der Waals surface area contributed by atoms with Crippen LogP contribution in [-0.4, -0.2) is 53.3 Å². The molecule has 1 heterocycles. The molecule has 2 fully saturated rings. The van der Waals surface area contributed by atoms with E-state index < -0.39 is 0 Å². The molecule has 0 spiro atoms. The van der Waals surface area contributed by atoms with Gasteiger partial charge in [0, 0.05) is 31.7 Å². The van der Waals surface area contributed by atoms with E-state index in [0.29, 0.717) is 19.5 Å². The molecular weight excluding hydrogens is 386 g/mol. The molecule has 1 saturated carbocycles. The molecule has 2 aromatic rings. The summed E-state index contributed by atoms with van der Waals surface area (Å²) in [6, 6.07) is 21.3. The Morgan fingerprint density at radius 1 is 0.839 bits per heavy atom. The average Bonchev–Trinajstić information content (AvgIpc) is 3.56. The lowest BCUT2D eigenvalue weighted by Crippen LogP contribution is -2.50. The molecule has 0 radical (unpaired) electrons. The highest BCUT2D eigenvalue weighted by Crippen LogP contribution is 2.41. The molecule has 2 aliphatic rings.